The predicted octanol–water partition coefficient (Wildman–Crippen LogP) is 8.60. The SMILES string of the molecule is C=CC1/C(=C\C=C/C)B2c3c4c(cc5c6ccccc6n1c35)c1ccccc1n4-c1c2n(Cc2ccccc2)c2ccccc12. The van der Waals surface area contributed by atoms with Gasteiger partial charge in [-0.15, -0.1) is 6.58 Å². The molecule has 10 rings (SSSR count). The third kappa shape index (κ3) is 3.06. The minimum atomic E-state index is 0.0190. The van der Waals surface area contributed by atoms with Crippen molar-refractivity contribution >= 4 is 72.3 Å². The maximum Gasteiger partial charge on any atom is 0.268 e. The second-order valence-corrected chi connectivity index (χ2v) is 12.5. The van der Waals surface area contributed by atoms with Gasteiger partial charge in [-0.2, -0.15) is 0 Å². The summed E-state index contributed by atoms with van der Waals surface area (Å²) in [6, 6.07) is 40.3. The third-order valence-corrected chi connectivity index (χ3v) is 10.3. The first-order valence-corrected chi connectivity index (χ1v) is 15.9. The summed E-state index contributed by atoms with van der Waals surface area (Å²) in [6.07, 6.45) is 8.88. The van der Waals surface area contributed by atoms with Crippen molar-refractivity contribution < 1.29 is 0 Å². The van der Waals surface area contributed by atoms with Gasteiger partial charge in [-0.1, -0.05) is 115 Å². The number of hydrogen-bond donors (Lipinski definition) is 0. The first-order valence-electron chi connectivity index (χ1n) is 15.9. The number of nitrogens with zero attached hydrogens (tertiary/aromatic N) is 3. The number of para-hydroxylation sites is 3. The maximum absolute atomic E-state index is 4.46. The Morgan fingerprint density at radius 2 is 1.36 bits per heavy atom. The van der Waals surface area contributed by atoms with E-state index in [1.165, 1.54) is 82.3 Å². The molecule has 0 amide bonds. The van der Waals surface area contributed by atoms with E-state index >= 15 is 0 Å². The molecule has 3 aromatic heterocycles. The molecule has 3 nitrogen and oxygen atoms in total. The molecule has 212 valence electrons. The molecule has 1 atom stereocenters. The van der Waals surface area contributed by atoms with E-state index in [-0.39, 0.29) is 12.8 Å². The van der Waals surface area contributed by atoms with E-state index in [4.69, 9.17) is 0 Å². The van der Waals surface area contributed by atoms with Crippen molar-refractivity contribution in [2.45, 2.75) is 19.5 Å². The van der Waals surface area contributed by atoms with Crippen LogP contribution in [0.25, 0.3) is 60.2 Å². The fourth-order valence-corrected chi connectivity index (χ4v) is 8.63. The molecule has 4 heteroatoms. The van der Waals surface area contributed by atoms with Crippen molar-refractivity contribution in [2.75, 3.05) is 0 Å². The smallest absolute Gasteiger partial charge is 0.268 e. The zero-order chi connectivity index (χ0) is 29.8. The fraction of sp³-hybridized carbons (Fsp3) is 0.0732. The quantitative estimate of drug-likeness (QED) is 0.148. The van der Waals surface area contributed by atoms with Crippen LogP contribution in [0.3, 0.4) is 0 Å². The Kier molecular flexibility index (Phi) is 5.00. The highest BCUT2D eigenvalue weighted by atomic mass is 15.1. The summed E-state index contributed by atoms with van der Waals surface area (Å²) < 4.78 is 7.77. The maximum atomic E-state index is 4.46. The minimum Gasteiger partial charge on any atom is -0.346 e. The summed E-state index contributed by atoms with van der Waals surface area (Å²) in [5.41, 5.74) is 13.2. The van der Waals surface area contributed by atoms with Gasteiger partial charge < -0.3 is 13.7 Å². The highest BCUT2D eigenvalue weighted by Gasteiger charge is 2.46. The van der Waals surface area contributed by atoms with Gasteiger partial charge in [0.25, 0.3) is 6.71 Å². The first-order chi connectivity index (χ1) is 22.3. The van der Waals surface area contributed by atoms with Crippen LogP contribution in [0.15, 0.2) is 146 Å². The molecule has 0 saturated heterocycles. The zero-order valence-electron chi connectivity index (χ0n) is 25.1. The molecule has 2 aliphatic rings. The van der Waals surface area contributed by atoms with E-state index in [0.29, 0.717) is 0 Å². The van der Waals surface area contributed by atoms with E-state index in [2.05, 4.69) is 161 Å². The van der Waals surface area contributed by atoms with Gasteiger partial charge in [0.1, 0.15) is 0 Å². The van der Waals surface area contributed by atoms with Crippen LogP contribution in [-0.4, -0.2) is 20.4 Å². The Morgan fingerprint density at radius 3 is 2.11 bits per heavy atom. The monoisotopic (exact) mass is 575 g/mol. The topological polar surface area (TPSA) is 14.8 Å². The molecule has 0 N–H and O–H groups in total. The second kappa shape index (κ2) is 9.03. The zero-order valence-corrected chi connectivity index (χ0v) is 25.1. The molecule has 5 heterocycles. The lowest BCUT2D eigenvalue weighted by Gasteiger charge is -2.36. The number of benzene rings is 5. The summed E-state index contributed by atoms with van der Waals surface area (Å²) in [5.74, 6) is 0. The van der Waals surface area contributed by atoms with Gasteiger partial charge in [-0.25, -0.2) is 0 Å². The van der Waals surface area contributed by atoms with Gasteiger partial charge in [0.05, 0.1) is 28.3 Å². The van der Waals surface area contributed by atoms with Crippen LogP contribution in [0.4, 0.5) is 0 Å². The summed E-state index contributed by atoms with van der Waals surface area (Å²) in [7, 11) is 0. The lowest BCUT2D eigenvalue weighted by atomic mass is 9.34. The molecule has 0 radical (unpaired) electrons. The molecule has 0 bridgehead atoms. The van der Waals surface area contributed by atoms with Crippen molar-refractivity contribution in [3.8, 4) is 5.69 Å². The van der Waals surface area contributed by atoms with Crippen LogP contribution >= 0.6 is 0 Å². The van der Waals surface area contributed by atoms with Gasteiger partial charge in [0.2, 0.25) is 0 Å². The number of fused-ring (bicyclic) bond motifs is 11. The van der Waals surface area contributed by atoms with Crippen molar-refractivity contribution in [1.82, 2.24) is 13.7 Å². The standard InChI is InChI=1S/C41H30BN3/c1-3-5-20-32-33(4-2)44-35-22-13-9-17-27(35)30-24-31-28-18-10-14-23-36(28)45-39(31)37(38(30)44)42(32)41-40(45)29-19-11-12-21-34(29)43(41)25-26-15-7-6-8-16-26/h3-24,33H,2,25H2,1H3/b5-3-,32-20+. The van der Waals surface area contributed by atoms with E-state index < -0.39 is 0 Å². The van der Waals surface area contributed by atoms with Crippen LogP contribution in [0.1, 0.15) is 18.5 Å². The summed E-state index contributed by atoms with van der Waals surface area (Å²) in [4.78, 5) is 0. The number of hydrogen-bond acceptors (Lipinski definition) is 0. The normalized spacial score (nSPS) is 16.4. The second-order valence-electron chi connectivity index (χ2n) is 12.5. The molecule has 0 spiro atoms. The largest absolute Gasteiger partial charge is 0.346 e. The van der Waals surface area contributed by atoms with Gasteiger partial charge in [-0.3, -0.25) is 0 Å². The van der Waals surface area contributed by atoms with Crippen molar-refractivity contribution in [2.24, 2.45) is 0 Å². The molecule has 0 fully saturated rings. The Labute approximate surface area is 261 Å². The van der Waals surface area contributed by atoms with E-state index in [1.807, 2.05) is 0 Å². The molecule has 45 heavy (non-hydrogen) atoms. The minimum absolute atomic E-state index is 0.0190. The molecule has 1 unspecified atom stereocenters. The van der Waals surface area contributed by atoms with Crippen LogP contribution in [0.2, 0.25) is 0 Å². The van der Waals surface area contributed by atoms with Crippen molar-refractivity contribution in [3.63, 3.8) is 0 Å². The average molecular weight is 576 g/mol. The molecule has 5 aromatic carbocycles. The highest BCUT2D eigenvalue weighted by molar-refractivity contribution is 6.95. The molecule has 8 aromatic rings. The number of aromatic nitrogens is 3. The summed E-state index contributed by atoms with van der Waals surface area (Å²) in [5, 5.41) is 6.55. The Hall–Kier alpha value is -5.48. The fourth-order valence-electron chi connectivity index (χ4n) is 8.63. The van der Waals surface area contributed by atoms with Crippen LogP contribution in [0, 0.1) is 0 Å². The first kappa shape index (κ1) is 24.9. The predicted molar refractivity (Wildman–Crippen MR) is 192 cm³/mol. The Bertz CT molecular complexity index is 2610. The Morgan fingerprint density at radius 1 is 0.711 bits per heavy atom. The summed E-state index contributed by atoms with van der Waals surface area (Å²) in [6.45, 7) is 7.44. The van der Waals surface area contributed by atoms with Crippen LogP contribution in [-0.2, 0) is 6.54 Å². The van der Waals surface area contributed by atoms with Gasteiger partial charge in [0.15, 0.2) is 0 Å². The third-order valence-electron chi connectivity index (χ3n) is 10.3. The van der Waals surface area contributed by atoms with Crippen molar-refractivity contribution in [3.05, 3.63) is 151 Å². The lowest BCUT2D eigenvalue weighted by Crippen LogP contribution is -2.56. The molecular weight excluding hydrogens is 545 g/mol. The Balaban J connectivity index is 1.50. The van der Waals surface area contributed by atoms with Gasteiger partial charge >= 0.3 is 0 Å². The van der Waals surface area contributed by atoms with Crippen molar-refractivity contribution in [1.29, 1.82) is 0 Å². The number of rotatable bonds is 4. The van der Waals surface area contributed by atoms with E-state index in [9.17, 15) is 0 Å². The number of allylic oxidation sites excluding steroid dienone is 5. The average Bonchev–Trinajstić information content (AvgIpc) is 3.72. The molecular formula is C41H30BN3. The van der Waals surface area contributed by atoms with Gasteiger partial charge in [0, 0.05) is 50.1 Å². The van der Waals surface area contributed by atoms with Crippen LogP contribution in [0.5, 0.6) is 0 Å². The van der Waals surface area contributed by atoms with E-state index in [1.54, 1.807) is 0 Å². The molecule has 0 aliphatic carbocycles. The highest BCUT2D eigenvalue weighted by Crippen LogP contribution is 2.46. The summed E-state index contributed by atoms with van der Waals surface area (Å²) >= 11 is 0. The molecule has 2 aliphatic heterocycles. The lowest BCUT2D eigenvalue weighted by molar-refractivity contribution is 0.761. The van der Waals surface area contributed by atoms with Gasteiger partial charge in [-0.05, 0) is 42.2 Å². The molecule has 0 saturated carbocycles. The van der Waals surface area contributed by atoms with Crippen LogP contribution < -0.4 is 11.1 Å². The van der Waals surface area contributed by atoms with E-state index in [0.717, 1.165) is 6.54 Å².